The molecule has 5 amide bonds. The van der Waals surface area contributed by atoms with Crippen molar-refractivity contribution in [1.29, 1.82) is 0 Å². The summed E-state index contributed by atoms with van der Waals surface area (Å²) >= 11 is 0. The van der Waals surface area contributed by atoms with Crippen LogP contribution in [0.2, 0.25) is 0 Å². The molecule has 1 spiro atoms. The number of urea groups is 1. The first-order valence-corrected chi connectivity index (χ1v) is 10.1. The standard InChI is InChI=1S/C21H27FN4O4/c1-13-4-3-5-14(2)21(13)19(29)26(20(30)24-21)12-18(28)25(11-10-17(23)27)16-8-6-15(22)7-9-16/h6-9,13-14H,3-5,10-12H2,1-2H3,(H2,23,27)(H,24,30)/t13-,14-/m1/s1. The zero-order valence-electron chi connectivity index (χ0n) is 17.2. The van der Waals surface area contributed by atoms with E-state index >= 15 is 0 Å². The van der Waals surface area contributed by atoms with Gasteiger partial charge in [-0.15, -0.1) is 0 Å². The van der Waals surface area contributed by atoms with Gasteiger partial charge >= 0.3 is 6.03 Å². The molecule has 8 nitrogen and oxygen atoms in total. The number of anilines is 1. The lowest BCUT2D eigenvalue weighted by molar-refractivity contribution is -0.138. The number of nitrogens with two attached hydrogens (primary N) is 1. The molecule has 3 N–H and O–H groups in total. The number of hydrogen-bond acceptors (Lipinski definition) is 4. The molecule has 2 fully saturated rings. The van der Waals surface area contributed by atoms with Crippen molar-refractivity contribution in [2.45, 2.75) is 45.1 Å². The van der Waals surface area contributed by atoms with Gasteiger partial charge in [-0.05, 0) is 48.9 Å². The van der Waals surface area contributed by atoms with Gasteiger partial charge in [-0.1, -0.05) is 20.3 Å². The number of hydrogen-bond donors (Lipinski definition) is 2. The maximum Gasteiger partial charge on any atom is 0.325 e. The van der Waals surface area contributed by atoms with Crippen LogP contribution < -0.4 is 16.0 Å². The van der Waals surface area contributed by atoms with Gasteiger partial charge in [-0.2, -0.15) is 0 Å². The molecule has 162 valence electrons. The second-order valence-electron chi connectivity index (χ2n) is 8.16. The summed E-state index contributed by atoms with van der Waals surface area (Å²) in [6.07, 6.45) is 2.51. The van der Waals surface area contributed by atoms with Crippen LogP contribution in [0, 0.1) is 17.7 Å². The quantitative estimate of drug-likeness (QED) is 0.686. The number of nitrogens with zero attached hydrogens (tertiary/aromatic N) is 2. The first kappa shape index (κ1) is 21.7. The molecule has 1 aromatic rings. The third kappa shape index (κ3) is 3.88. The van der Waals surface area contributed by atoms with Gasteiger partial charge < -0.3 is 16.0 Å². The Bertz CT molecular complexity index is 847. The first-order chi connectivity index (χ1) is 14.2. The normalized spacial score (nSPS) is 22.8. The predicted octanol–water partition coefficient (Wildman–Crippen LogP) is 1.78. The number of primary amides is 1. The zero-order chi connectivity index (χ0) is 22.1. The highest BCUT2D eigenvalue weighted by Crippen LogP contribution is 2.42. The van der Waals surface area contributed by atoms with E-state index in [1.54, 1.807) is 0 Å². The van der Waals surface area contributed by atoms with Crippen molar-refractivity contribution in [3.63, 3.8) is 0 Å². The van der Waals surface area contributed by atoms with Gasteiger partial charge in [0.15, 0.2) is 0 Å². The van der Waals surface area contributed by atoms with Crippen molar-refractivity contribution in [1.82, 2.24) is 10.2 Å². The van der Waals surface area contributed by atoms with Crippen molar-refractivity contribution < 1.29 is 23.6 Å². The number of imide groups is 1. The van der Waals surface area contributed by atoms with E-state index in [4.69, 9.17) is 5.73 Å². The minimum absolute atomic E-state index is 0.0403. The van der Waals surface area contributed by atoms with Gasteiger partial charge in [0.25, 0.3) is 5.91 Å². The van der Waals surface area contributed by atoms with E-state index in [-0.39, 0.29) is 24.8 Å². The van der Waals surface area contributed by atoms with Crippen LogP contribution in [-0.4, -0.2) is 47.3 Å². The molecule has 2 aliphatic rings. The Morgan fingerprint density at radius 1 is 1.20 bits per heavy atom. The highest BCUT2D eigenvalue weighted by molar-refractivity contribution is 6.10. The molecule has 0 bridgehead atoms. The number of carbonyl (C=O) groups is 4. The molecular formula is C21H27FN4O4. The summed E-state index contributed by atoms with van der Waals surface area (Å²) in [6.45, 7) is 3.37. The maximum atomic E-state index is 13.3. The van der Waals surface area contributed by atoms with Crippen molar-refractivity contribution in [3.8, 4) is 0 Å². The Kier molecular flexibility index (Phi) is 6.09. The van der Waals surface area contributed by atoms with E-state index in [0.29, 0.717) is 5.69 Å². The molecule has 1 aliphatic heterocycles. The molecule has 30 heavy (non-hydrogen) atoms. The molecule has 0 radical (unpaired) electrons. The van der Waals surface area contributed by atoms with Gasteiger partial charge in [0, 0.05) is 18.7 Å². The Balaban J connectivity index is 1.82. The maximum absolute atomic E-state index is 13.3. The molecule has 9 heteroatoms. The highest BCUT2D eigenvalue weighted by atomic mass is 19.1. The smallest absolute Gasteiger partial charge is 0.325 e. The second kappa shape index (κ2) is 8.41. The molecule has 0 unspecified atom stereocenters. The van der Waals surface area contributed by atoms with Crippen LogP contribution in [0.25, 0.3) is 0 Å². The van der Waals surface area contributed by atoms with Gasteiger partial charge in [0.2, 0.25) is 11.8 Å². The van der Waals surface area contributed by atoms with Gasteiger partial charge in [0.1, 0.15) is 17.9 Å². The van der Waals surface area contributed by atoms with Crippen LogP contribution in [0.15, 0.2) is 24.3 Å². The predicted molar refractivity (Wildman–Crippen MR) is 108 cm³/mol. The minimum Gasteiger partial charge on any atom is -0.370 e. The summed E-state index contributed by atoms with van der Waals surface area (Å²) in [6, 6.07) is 4.57. The summed E-state index contributed by atoms with van der Waals surface area (Å²) in [5, 5.41) is 2.85. The van der Waals surface area contributed by atoms with Crippen molar-refractivity contribution in [2.75, 3.05) is 18.0 Å². The Morgan fingerprint density at radius 2 is 1.80 bits per heavy atom. The van der Waals surface area contributed by atoms with Crippen molar-refractivity contribution >= 4 is 29.4 Å². The van der Waals surface area contributed by atoms with Crippen LogP contribution in [0.3, 0.4) is 0 Å². The van der Waals surface area contributed by atoms with Crippen molar-refractivity contribution in [2.24, 2.45) is 17.6 Å². The molecular weight excluding hydrogens is 391 g/mol. The van der Waals surface area contributed by atoms with Crippen LogP contribution >= 0.6 is 0 Å². The SMILES string of the molecule is C[C@@H]1CCC[C@@H](C)C12NC(=O)N(CC(=O)N(CCC(N)=O)c1ccc(F)cc1)C2=O. The fraction of sp³-hybridized carbons (Fsp3) is 0.524. The monoisotopic (exact) mass is 418 g/mol. The number of amides is 5. The Hall–Kier alpha value is -2.97. The largest absolute Gasteiger partial charge is 0.370 e. The molecule has 1 heterocycles. The number of halogens is 1. The topological polar surface area (TPSA) is 113 Å². The summed E-state index contributed by atoms with van der Waals surface area (Å²) in [4.78, 5) is 52.4. The second-order valence-corrected chi connectivity index (χ2v) is 8.16. The molecule has 1 saturated heterocycles. The average Bonchev–Trinajstić information content (AvgIpc) is 2.93. The molecule has 1 aromatic carbocycles. The zero-order valence-corrected chi connectivity index (χ0v) is 17.2. The Morgan fingerprint density at radius 3 is 2.37 bits per heavy atom. The number of carbonyl (C=O) groups excluding carboxylic acids is 4. The first-order valence-electron chi connectivity index (χ1n) is 10.1. The number of benzene rings is 1. The molecule has 0 aromatic heterocycles. The fourth-order valence-electron chi connectivity index (χ4n) is 4.56. The highest BCUT2D eigenvalue weighted by Gasteiger charge is 2.58. The van der Waals surface area contributed by atoms with E-state index < -0.39 is 41.7 Å². The minimum atomic E-state index is -0.996. The number of nitrogens with one attached hydrogen (secondary N) is 1. The van der Waals surface area contributed by atoms with Gasteiger partial charge in [-0.3, -0.25) is 19.3 Å². The summed E-state index contributed by atoms with van der Waals surface area (Å²) in [5.74, 6) is -2.11. The summed E-state index contributed by atoms with van der Waals surface area (Å²) < 4.78 is 13.3. The van der Waals surface area contributed by atoms with Gasteiger partial charge in [-0.25, -0.2) is 9.18 Å². The third-order valence-corrected chi connectivity index (χ3v) is 6.30. The van der Waals surface area contributed by atoms with Crippen molar-refractivity contribution in [3.05, 3.63) is 30.1 Å². The lowest BCUT2D eigenvalue weighted by Gasteiger charge is -2.42. The van der Waals surface area contributed by atoms with Crippen LogP contribution in [0.5, 0.6) is 0 Å². The van der Waals surface area contributed by atoms with Crippen LogP contribution in [0.1, 0.15) is 39.5 Å². The van der Waals surface area contributed by atoms with Gasteiger partial charge in [0.05, 0.1) is 0 Å². The van der Waals surface area contributed by atoms with E-state index in [1.165, 1.54) is 29.2 Å². The molecule has 3 rings (SSSR count). The lowest BCUT2D eigenvalue weighted by atomic mass is 9.67. The lowest BCUT2D eigenvalue weighted by Crippen LogP contribution is -2.59. The summed E-state index contributed by atoms with van der Waals surface area (Å²) in [7, 11) is 0. The molecule has 1 saturated carbocycles. The Labute approximate surface area is 174 Å². The van der Waals surface area contributed by atoms with E-state index in [2.05, 4.69) is 5.32 Å². The van der Waals surface area contributed by atoms with E-state index in [0.717, 1.165) is 24.2 Å². The molecule has 1 aliphatic carbocycles. The fourth-order valence-corrected chi connectivity index (χ4v) is 4.56. The summed E-state index contributed by atoms with van der Waals surface area (Å²) in [5.41, 5.74) is 4.56. The van der Waals surface area contributed by atoms with E-state index in [9.17, 15) is 23.6 Å². The average molecular weight is 418 g/mol. The van der Waals surface area contributed by atoms with E-state index in [1.807, 2.05) is 13.8 Å². The molecule has 2 atom stereocenters. The van der Waals surface area contributed by atoms with Crippen LogP contribution in [0.4, 0.5) is 14.9 Å². The third-order valence-electron chi connectivity index (χ3n) is 6.30. The van der Waals surface area contributed by atoms with Crippen LogP contribution in [-0.2, 0) is 14.4 Å². The number of rotatable bonds is 6.